The van der Waals surface area contributed by atoms with E-state index in [1.807, 2.05) is 0 Å². The van der Waals surface area contributed by atoms with Gasteiger partial charge in [-0.15, -0.1) is 0 Å². The third-order valence-corrected chi connectivity index (χ3v) is 0.577. The van der Waals surface area contributed by atoms with Crippen LogP contribution in [0, 0.1) is 0 Å². The van der Waals surface area contributed by atoms with Crippen molar-refractivity contribution in [1.29, 1.82) is 0 Å². The predicted octanol–water partition coefficient (Wildman–Crippen LogP) is -2.84. The first-order valence-corrected chi connectivity index (χ1v) is 1.76. The van der Waals surface area contributed by atoms with Crippen LogP contribution in [-0.4, -0.2) is 6.16 Å². The maximum Gasteiger partial charge on any atom is 0.477 e. The normalized spacial score (nSPS) is 12.0. The molecular weight excluding hydrogens is 132 g/mol. The number of hydrogen-bond donors (Lipinski definition) is 4. The Morgan fingerprint density at radius 3 is 0.889 bits per heavy atom. The van der Waals surface area contributed by atoms with Crippen molar-refractivity contribution in [2.24, 2.45) is 23.6 Å². The molecule has 0 radical (unpaired) electrons. The van der Waals surface area contributed by atoms with Crippen LogP contribution >= 0.6 is 0 Å². The van der Waals surface area contributed by atoms with E-state index in [-0.39, 0.29) is 0 Å². The van der Waals surface area contributed by atoms with Crippen molar-refractivity contribution in [1.82, 2.24) is 0 Å². The number of rotatable bonds is 4. The molecule has 0 spiro atoms. The van der Waals surface area contributed by atoms with Crippen LogP contribution in [0.1, 0.15) is 0 Å². The summed E-state index contributed by atoms with van der Waals surface area (Å²) in [7, 11) is 0. The van der Waals surface area contributed by atoms with Crippen molar-refractivity contribution in [2.75, 3.05) is 0 Å². The SMILES string of the molecule is NOC(ON)(ON)ON. The third-order valence-electron chi connectivity index (χ3n) is 0.577. The average Bonchev–Trinajstić information content (AvgIpc) is 1.95. The highest BCUT2D eigenvalue weighted by Gasteiger charge is 2.34. The second kappa shape index (κ2) is 3.66. The minimum absolute atomic E-state index is 2.22. The Labute approximate surface area is 50.4 Å². The first kappa shape index (κ1) is 8.68. The van der Waals surface area contributed by atoms with Crippen LogP contribution in [0.3, 0.4) is 0 Å². The summed E-state index contributed by atoms with van der Waals surface area (Å²) in [5.74, 6) is 18.1. The number of hydrogen-bond acceptors (Lipinski definition) is 8. The molecule has 0 fully saturated rings. The second-order valence-electron chi connectivity index (χ2n) is 0.971. The molecular formula is CH8N4O4. The van der Waals surface area contributed by atoms with Gasteiger partial charge < -0.3 is 0 Å². The van der Waals surface area contributed by atoms with Gasteiger partial charge in [-0.3, -0.25) is 0 Å². The molecule has 0 unspecified atom stereocenters. The second-order valence-corrected chi connectivity index (χ2v) is 0.971. The van der Waals surface area contributed by atoms with Crippen LogP contribution in [0.25, 0.3) is 0 Å². The minimum Gasteiger partial charge on any atom is -0.214 e. The molecule has 0 aromatic carbocycles. The molecule has 0 amide bonds. The number of nitrogens with two attached hydrogens (primary N) is 4. The maximum atomic E-state index is 4.52. The molecule has 0 saturated carbocycles. The summed E-state index contributed by atoms with van der Waals surface area (Å²) >= 11 is 0. The molecule has 0 saturated heterocycles. The van der Waals surface area contributed by atoms with Gasteiger partial charge in [0.15, 0.2) is 0 Å². The van der Waals surface area contributed by atoms with E-state index in [2.05, 4.69) is 42.9 Å². The van der Waals surface area contributed by atoms with Crippen molar-refractivity contribution >= 4 is 0 Å². The molecule has 8 N–H and O–H groups in total. The molecule has 0 aliphatic heterocycles. The van der Waals surface area contributed by atoms with E-state index < -0.39 is 6.16 Å². The fourth-order valence-electron chi connectivity index (χ4n) is 0.167. The van der Waals surface area contributed by atoms with E-state index in [4.69, 9.17) is 0 Å². The van der Waals surface area contributed by atoms with E-state index in [1.54, 1.807) is 0 Å². The molecule has 0 rings (SSSR count). The molecule has 0 bridgehead atoms. The Balaban J connectivity index is 3.82. The molecule has 0 aromatic heterocycles. The standard InChI is InChI=1S/CH8N4O4/c2-6-1(7-3,8-4)9-5/h2-5H2. The van der Waals surface area contributed by atoms with Gasteiger partial charge in [-0.1, -0.05) is 0 Å². The lowest BCUT2D eigenvalue weighted by atomic mass is 11.1. The fraction of sp³-hybridized carbons (Fsp3) is 1.00. The van der Waals surface area contributed by atoms with Gasteiger partial charge >= 0.3 is 6.16 Å². The maximum absolute atomic E-state index is 4.52. The Hall–Kier alpha value is -0.320. The highest BCUT2D eigenvalue weighted by atomic mass is 17.1. The lowest BCUT2D eigenvalue weighted by molar-refractivity contribution is -0.509. The monoisotopic (exact) mass is 140 g/mol. The van der Waals surface area contributed by atoms with Crippen molar-refractivity contribution in [2.45, 2.75) is 6.16 Å². The highest BCUT2D eigenvalue weighted by molar-refractivity contribution is 4.24. The van der Waals surface area contributed by atoms with Gasteiger partial charge in [-0.25, -0.2) is 42.9 Å². The average molecular weight is 140 g/mol. The minimum atomic E-state index is -2.22. The first-order valence-electron chi connectivity index (χ1n) is 1.76. The Morgan fingerprint density at radius 1 is 0.667 bits per heavy atom. The molecule has 8 heteroatoms. The first-order chi connectivity index (χ1) is 4.24. The van der Waals surface area contributed by atoms with Gasteiger partial charge in [0.1, 0.15) is 0 Å². The van der Waals surface area contributed by atoms with Crippen molar-refractivity contribution in [3.63, 3.8) is 0 Å². The summed E-state index contributed by atoms with van der Waals surface area (Å²) in [5.41, 5.74) is 0. The lowest BCUT2D eigenvalue weighted by Gasteiger charge is -2.20. The predicted molar refractivity (Wildman–Crippen MR) is 23.8 cm³/mol. The Morgan fingerprint density at radius 2 is 0.889 bits per heavy atom. The lowest BCUT2D eigenvalue weighted by Crippen LogP contribution is -2.49. The molecule has 8 nitrogen and oxygen atoms in total. The topological polar surface area (TPSA) is 141 Å². The molecule has 9 heavy (non-hydrogen) atoms. The summed E-state index contributed by atoms with van der Waals surface area (Å²) in [5, 5.41) is 0. The van der Waals surface area contributed by atoms with Gasteiger partial charge in [0.2, 0.25) is 0 Å². The molecule has 56 valence electrons. The van der Waals surface area contributed by atoms with Gasteiger partial charge in [-0.2, -0.15) is 0 Å². The van der Waals surface area contributed by atoms with Crippen molar-refractivity contribution in [3.8, 4) is 0 Å². The van der Waals surface area contributed by atoms with Gasteiger partial charge in [-0.05, 0) is 0 Å². The zero-order chi connectivity index (χ0) is 7.33. The van der Waals surface area contributed by atoms with Crippen LogP contribution in [0.5, 0.6) is 0 Å². The van der Waals surface area contributed by atoms with E-state index >= 15 is 0 Å². The molecule has 0 heterocycles. The van der Waals surface area contributed by atoms with Gasteiger partial charge in [0.05, 0.1) is 0 Å². The molecule has 0 aromatic rings. The van der Waals surface area contributed by atoms with Crippen molar-refractivity contribution < 1.29 is 19.4 Å². The zero-order valence-electron chi connectivity index (χ0n) is 4.44. The van der Waals surface area contributed by atoms with Crippen LogP contribution < -0.4 is 23.6 Å². The largest absolute Gasteiger partial charge is 0.477 e. The van der Waals surface area contributed by atoms with Gasteiger partial charge in [0, 0.05) is 0 Å². The van der Waals surface area contributed by atoms with Gasteiger partial charge in [0.25, 0.3) is 0 Å². The van der Waals surface area contributed by atoms with Crippen LogP contribution in [0.15, 0.2) is 0 Å². The summed E-state index contributed by atoms with van der Waals surface area (Å²) in [4.78, 5) is 15.4. The molecule has 0 atom stereocenters. The molecule has 0 aliphatic rings. The Bertz CT molecular complexity index is 55.5. The smallest absolute Gasteiger partial charge is 0.214 e. The van der Waals surface area contributed by atoms with Crippen LogP contribution in [-0.2, 0) is 19.4 Å². The summed E-state index contributed by atoms with van der Waals surface area (Å²) < 4.78 is 0. The Kier molecular flexibility index (Phi) is 3.53. The highest BCUT2D eigenvalue weighted by Crippen LogP contribution is 2.04. The fourth-order valence-corrected chi connectivity index (χ4v) is 0.167. The molecule has 0 aliphatic carbocycles. The van der Waals surface area contributed by atoms with E-state index in [9.17, 15) is 0 Å². The van der Waals surface area contributed by atoms with Crippen molar-refractivity contribution in [3.05, 3.63) is 0 Å². The van der Waals surface area contributed by atoms with E-state index in [0.717, 1.165) is 0 Å². The summed E-state index contributed by atoms with van der Waals surface area (Å²) in [6.07, 6.45) is -2.22. The summed E-state index contributed by atoms with van der Waals surface area (Å²) in [6.45, 7) is 0. The quantitative estimate of drug-likeness (QED) is 0.241. The summed E-state index contributed by atoms with van der Waals surface area (Å²) in [6, 6.07) is 0. The van der Waals surface area contributed by atoms with E-state index in [1.165, 1.54) is 0 Å². The zero-order valence-corrected chi connectivity index (χ0v) is 4.44. The van der Waals surface area contributed by atoms with Crippen LogP contribution in [0.4, 0.5) is 0 Å². The van der Waals surface area contributed by atoms with Crippen LogP contribution in [0.2, 0.25) is 0 Å². The van der Waals surface area contributed by atoms with E-state index in [0.29, 0.717) is 0 Å². The third kappa shape index (κ3) is 1.82.